The molecule has 2 unspecified atom stereocenters. The molecule has 0 spiro atoms. The van der Waals surface area contributed by atoms with Gasteiger partial charge < -0.3 is 10.1 Å². The molecule has 0 amide bonds. The summed E-state index contributed by atoms with van der Waals surface area (Å²) in [4.78, 5) is 2.61. The number of likely N-dealkylation sites (tertiary alicyclic amines) is 1. The Morgan fingerprint density at radius 3 is 2.65 bits per heavy atom. The third kappa shape index (κ3) is 3.33. The second kappa shape index (κ2) is 6.15. The summed E-state index contributed by atoms with van der Waals surface area (Å²) < 4.78 is 5.23. The minimum Gasteiger partial charge on any atom is -0.497 e. The van der Waals surface area contributed by atoms with Gasteiger partial charge in [-0.1, -0.05) is 12.1 Å². The largest absolute Gasteiger partial charge is 0.497 e. The van der Waals surface area contributed by atoms with Crippen LogP contribution >= 0.6 is 0 Å². The second-order valence-corrected chi connectivity index (χ2v) is 6.28. The van der Waals surface area contributed by atoms with Crippen LogP contribution in [0.1, 0.15) is 37.8 Å². The summed E-state index contributed by atoms with van der Waals surface area (Å²) in [7, 11) is 1.72. The Labute approximate surface area is 122 Å². The van der Waals surface area contributed by atoms with Crippen molar-refractivity contribution in [1.82, 2.24) is 10.2 Å². The highest BCUT2D eigenvalue weighted by atomic mass is 16.5. The minimum absolute atomic E-state index is 0.506. The van der Waals surface area contributed by atoms with E-state index in [0.29, 0.717) is 6.04 Å². The molecule has 1 saturated heterocycles. The fourth-order valence-electron chi connectivity index (χ4n) is 3.10. The standard InChI is InChI=1S/C17H26N2O/c1-13(15-3-7-17(20-2)8-4-15)19-10-9-14(12-19)11-18-16-5-6-16/h3-4,7-8,13-14,16,18H,5-6,9-12H2,1-2H3. The smallest absolute Gasteiger partial charge is 0.118 e. The lowest BCUT2D eigenvalue weighted by Crippen LogP contribution is -2.29. The maximum atomic E-state index is 5.23. The molecule has 1 aliphatic carbocycles. The average molecular weight is 274 g/mol. The van der Waals surface area contributed by atoms with Crippen molar-refractivity contribution in [1.29, 1.82) is 0 Å². The van der Waals surface area contributed by atoms with Crippen LogP contribution in [0, 0.1) is 5.92 Å². The van der Waals surface area contributed by atoms with Gasteiger partial charge in [0.25, 0.3) is 0 Å². The first kappa shape index (κ1) is 13.9. The second-order valence-electron chi connectivity index (χ2n) is 6.28. The predicted molar refractivity (Wildman–Crippen MR) is 82.1 cm³/mol. The zero-order valence-electron chi connectivity index (χ0n) is 12.6. The Kier molecular flexibility index (Phi) is 4.27. The van der Waals surface area contributed by atoms with Crippen molar-refractivity contribution in [2.75, 3.05) is 26.7 Å². The Morgan fingerprint density at radius 1 is 1.25 bits per heavy atom. The highest BCUT2D eigenvalue weighted by Gasteiger charge is 2.28. The minimum atomic E-state index is 0.506. The van der Waals surface area contributed by atoms with Crippen LogP contribution in [0.25, 0.3) is 0 Å². The van der Waals surface area contributed by atoms with E-state index in [4.69, 9.17) is 4.74 Å². The van der Waals surface area contributed by atoms with Crippen LogP contribution in [0.2, 0.25) is 0 Å². The van der Waals surface area contributed by atoms with Crippen molar-refractivity contribution in [2.24, 2.45) is 5.92 Å². The molecule has 2 fully saturated rings. The third-order valence-corrected chi connectivity index (χ3v) is 4.74. The molecule has 1 aromatic carbocycles. The van der Waals surface area contributed by atoms with Gasteiger partial charge in [0.15, 0.2) is 0 Å². The van der Waals surface area contributed by atoms with Crippen molar-refractivity contribution in [2.45, 2.75) is 38.3 Å². The Hall–Kier alpha value is -1.06. The predicted octanol–water partition coefficient (Wildman–Crippen LogP) is 2.83. The number of hydrogen-bond donors (Lipinski definition) is 1. The normalized spacial score (nSPS) is 24.8. The number of nitrogens with one attached hydrogen (secondary N) is 1. The van der Waals surface area contributed by atoms with Gasteiger partial charge in [-0.2, -0.15) is 0 Å². The van der Waals surface area contributed by atoms with E-state index in [1.165, 1.54) is 44.5 Å². The van der Waals surface area contributed by atoms with Crippen LogP contribution in [0.15, 0.2) is 24.3 Å². The number of methoxy groups -OCH3 is 1. The lowest BCUT2D eigenvalue weighted by molar-refractivity contribution is 0.251. The van der Waals surface area contributed by atoms with E-state index in [1.807, 2.05) is 0 Å². The van der Waals surface area contributed by atoms with Gasteiger partial charge in [-0.3, -0.25) is 4.90 Å². The van der Waals surface area contributed by atoms with Crippen LogP contribution in [0.4, 0.5) is 0 Å². The van der Waals surface area contributed by atoms with Crippen molar-refractivity contribution < 1.29 is 4.74 Å². The Balaban J connectivity index is 1.52. The molecular weight excluding hydrogens is 248 g/mol. The van der Waals surface area contributed by atoms with Gasteiger partial charge >= 0.3 is 0 Å². The number of nitrogens with zero attached hydrogens (tertiary/aromatic N) is 1. The number of ether oxygens (including phenoxy) is 1. The van der Waals surface area contributed by atoms with Crippen LogP contribution in [-0.4, -0.2) is 37.7 Å². The molecule has 1 aromatic rings. The summed E-state index contributed by atoms with van der Waals surface area (Å²) in [6, 6.07) is 9.86. The summed E-state index contributed by atoms with van der Waals surface area (Å²) in [5.74, 6) is 1.77. The van der Waals surface area contributed by atoms with Gasteiger partial charge in [-0.15, -0.1) is 0 Å². The molecule has 0 aromatic heterocycles. The molecule has 1 heterocycles. The van der Waals surface area contributed by atoms with Crippen molar-refractivity contribution >= 4 is 0 Å². The van der Waals surface area contributed by atoms with E-state index in [9.17, 15) is 0 Å². The van der Waals surface area contributed by atoms with Crippen molar-refractivity contribution in [3.8, 4) is 5.75 Å². The molecule has 3 heteroatoms. The van der Waals surface area contributed by atoms with Gasteiger partial charge in [0.2, 0.25) is 0 Å². The summed E-state index contributed by atoms with van der Waals surface area (Å²) in [5, 5.41) is 3.67. The molecule has 1 saturated carbocycles. The zero-order chi connectivity index (χ0) is 13.9. The third-order valence-electron chi connectivity index (χ3n) is 4.74. The van der Waals surface area contributed by atoms with Crippen molar-refractivity contribution in [3.05, 3.63) is 29.8 Å². The van der Waals surface area contributed by atoms with Gasteiger partial charge in [-0.05, 0) is 62.9 Å². The monoisotopic (exact) mass is 274 g/mol. The number of benzene rings is 1. The van der Waals surface area contributed by atoms with Crippen LogP contribution in [0.5, 0.6) is 5.75 Å². The topological polar surface area (TPSA) is 24.5 Å². The van der Waals surface area contributed by atoms with Crippen LogP contribution in [-0.2, 0) is 0 Å². The first-order chi connectivity index (χ1) is 9.76. The molecule has 3 nitrogen and oxygen atoms in total. The average Bonchev–Trinajstić information content (AvgIpc) is 3.21. The summed E-state index contributed by atoms with van der Waals surface area (Å²) in [5.41, 5.74) is 1.39. The SMILES string of the molecule is COc1ccc(C(C)N2CCC(CNC3CC3)C2)cc1. The van der Waals surface area contributed by atoms with Gasteiger partial charge in [-0.25, -0.2) is 0 Å². The van der Waals surface area contributed by atoms with Crippen LogP contribution < -0.4 is 10.1 Å². The Morgan fingerprint density at radius 2 is 2.00 bits per heavy atom. The molecule has 2 aliphatic rings. The van der Waals surface area contributed by atoms with E-state index in [-0.39, 0.29) is 0 Å². The van der Waals surface area contributed by atoms with E-state index >= 15 is 0 Å². The highest BCUT2D eigenvalue weighted by Crippen LogP contribution is 2.28. The highest BCUT2D eigenvalue weighted by molar-refractivity contribution is 5.29. The lowest BCUT2D eigenvalue weighted by atomic mass is 10.1. The van der Waals surface area contributed by atoms with Gasteiger partial charge in [0.1, 0.15) is 5.75 Å². The van der Waals surface area contributed by atoms with E-state index in [1.54, 1.807) is 7.11 Å². The quantitative estimate of drug-likeness (QED) is 0.863. The maximum absolute atomic E-state index is 5.23. The summed E-state index contributed by atoms with van der Waals surface area (Å²) >= 11 is 0. The molecule has 0 radical (unpaired) electrons. The molecule has 0 bridgehead atoms. The van der Waals surface area contributed by atoms with Crippen molar-refractivity contribution in [3.63, 3.8) is 0 Å². The molecule has 20 heavy (non-hydrogen) atoms. The number of hydrogen-bond acceptors (Lipinski definition) is 3. The fraction of sp³-hybridized carbons (Fsp3) is 0.647. The molecule has 1 aliphatic heterocycles. The lowest BCUT2D eigenvalue weighted by Gasteiger charge is -2.25. The molecule has 1 N–H and O–H groups in total. The zero-order valence-corrected chi connectivity index (χ0v) is 12.6. The summed E-state index contributed by atoms with van der Waals surface area (Å²) in [6.07, 6.45) is 4.11. The van der Waals surface area contributed by atoms with Gasteiger partial charge in [0, 0.05) is 18.6 Å². The van der Waals surface area contributed by atoms with E-state index in [2.05, 4.69) is 41.4 Å². The first-order valence-electron chi connectivity index (χ1n) is 7.87. The Bertz CT molecular complexity index is 427. The first-order valence-corrected chi connectivity index (χ1v) is 7.87. The molecule has 110 valence electrons. The fourth-order valence-corrected chi connectivity index (χ4v) is 3.10. The molecule has 2 atom stereocenters. The molecular formula is C17H26N2O. The van der Waals surface area contributed by atoms with E-state index < -0.39 is 0 Å². The molecule has 3 rings (SSSR count). The van der Waals surface area contributed by atoms with Gasteiger partial charge in [0.05, 0.1) is 7.11 Å². The van der Waals surface area contributed by atoms with Crippen LogP contribution in [0.3, 0.4) is 0 Å². The van der Waals surface area contributed by atoms with E-state index in [0.717, 1.165) is 17.7 Å². The number of rotatable bonds is 6. The maximum Gasteiger partial charge on any atom is 0.118 e. The summed E-state index contributed by atoms with van der Waals surface area (Å²) in [6.45, 7) is 5.98.